The average molecular weight is 393 g/mol. The van der Waals surface area contributed by atoms with Crippen LogP contribution in [-0.2, 0) is 11.3 Å². The summed E-state index contributed by atoms with van der Waals surface area (Å²) in [5, 5.41) is 9.83. The Morgan fingerprint density at radius 1 is 1.28 bits per heavy atom. The van der Waals surface area contributed by atoms with Gasteiger partial charge in [-0.25, -0.2) is 4.98 Å². The summed E-state index contributed by atoms with van der Waals surface area (Å²) < 4.78 is 2.14. The first-order valence-corrected chi connectivity index (χ1v) is 9.25. The highest BCUT2D eigenvalue weighted by atomic mass is 16.4. The number of quaternary nitrogens is 1. The summed E-state index contributed by atoms with van der Waals surface area (Å²) in [6, 6.07) is 13.3. The molecule has 0 fully saturated rings. The first-order valence-electron chi connectivity index (χ1n) is 9.25. The monoisotopic (exact) mass is 393 g/mol. The molecule has 150 valence electrons. The molecule has 2 heterocycles. The van der Waals surface area contributed by atoms with E-state index < -0.39 is 5.97 Å². The summed E-state index contributed by atoms with van der Waals surface area (Å²) in [6.07, 6.45) is 2.96. The zero-order valence-electron chi connectivity index (χ0n) is 16.1. The largest absolute Gasteiger partial charge is 0.550 e. The number of rotatable bonds is 4. The van der Waals surface area contributed by atoms with Crippen molar-refractivity contribution in [2.24, 2.45) is 0 Å². The molecule has 29 heavy (non-hydrogen) atoms. The van der Waals surface area contributed by atoms with Crippen molar-refractivity contribution in [1.82, 2.24) is 14.5 Å². The molecule has 0 saturated carbocycles. The van der Waals surface area contributed by atoms with E-state index in [0.29, 0.717) is 11.4 Å². The van der Waals surface area contributed by atoms with E-state index in [4.69, 9.17) is 15.6 Å². The van der Waals surface area contributed by atoms with Crippen LogP contribution in [0.2, 0.25) is 0 Å². The smallest absolute Gasteiger partial charge is 0.275 e. The van der Waals surface area contributed by atoms with Gasteiger partial charge in [0.2, 0.25) is 0 Å². The topological polar surface area (TPSA) is 144 Å². The van der Waals surface area contributed by atoms with Crippen LogP contribution in [0.25, 0.3) is 33.2 Å². The molecule has 4 aromatic rings. The second-order valence-corrected chi connectivity index (χ2v) is 6.64. The minimum atomic E-state index is -1.08. The van der Waals surface area contributed by atoms with Crippen LogP contribution >= 0.6 is 0 Å². The Morgan fingerprint density at radius 3 is 2.72 bits per heavy atom. The van der Waals surface area contributed by atoms with Crippen molar-refractivity contribution in [3.8, 4) is 11.3 Å². The molecule has 0 aliphatic carbocycles. The van der Waals surface area contributed by atoms with Crippen molar-refractivity contribution in [2.75, 3.05) is 12.3 Å². The maximum atomic E-state index is 12.6. The molecule has 0 spiro atoms. The number of para-hydroxylation sites is 2. The second-order valence-electron chi connectivity index (χ2n) is 6.64. The van der Waals surface area contributed by atoms with Gasteiger partial charge in [0.05, 0.1) is 17.6 Å². The third-order valence-electron chi connectivity index (χ3n) is 4.41. The van der Waals surface area contributed by atoms with Gasteiger partial charge in [0.1, 0.15) is 5.69 Å². The number of aromatic nitrogens is 3. The number of benzene rings is 2. The maximum absolute atomic E-state index is 12.6. The molecule has 2 aromatic heterocycles. The number of aromatic amines is 1. The summed E-state index contributed by atoms with van der Waals surface area (Å²) in [5.41, 5.74) is 14.1. The standard InChI is InChI=1S/C19H19N5O.C2H4O2/c20-8-3-9-24-11-14(13-10-12(21)6-7-17(13)24)18-19(25)23-16-5-2-1-4-15(16)22-18;1-2(3)4/h1-2,4-7,10-11H,3,8-9,20-21H2,(H,23,25);1H3,(H,3,4). The van der Waals surface area contributed by atoms with E-state index in [0.717, 1.165) is 53.9 Å². The van der Waals surface area contributed by atoms with Crippen LogP contribution in [0.5, 0.6) is 0 Å². The number of carbonyl (C=O) groups is 1. The molecule has 8 heteroatoms. The Labute approximate surface area is 166 Å². The Hall–Kier alpha value is -3.65. The van der Waals surface area contributed by atoms with Crippen molar-refractivity contribution < 1.29 is 15.6 Å². The molecule has 0 amide bonds. The lowest BCUT2D eigenvalue weighted by molar-refractivity contribution is -0.368. The van der Waals surface area contributed by atoms with Gasteiger partial charge in [-0.05, 0) is 37.3 Å². The Balaban J connectivity index is 0.000000552. The van der Waals surface area contributed by atoms with Crippen LogP contribution in [0.1, 0.15) is 13.3 Å². The predicted octanol–water partition coefficient (Wildman–Crippen LogP) is 0.515. The Kier molecular flexibility index (Phi) is 5.94. The molecule has 8 nitrogen and oxygen atoms in total. The third-order valence-corrected chi connectivity index (χ3v) is 4.41. The molecule has 0 radical (unpaired) electrons. The highest BCUT2D eigenvalue weighted by Crippen LogP contribution is 2.30. The molecule has 0 unspecified atom stereocenters. The molecule has 4 rings (SSSR count). The van der Waals surface area contributed by atoms with Gasteiger partial charge >= 0.3 is 0 Å². The van der Waals surface area contributed by atoms with Gasteiger partial charge in [-0.15, -0.1) is 0 Å². The lowest BCUT2D eigenvalue weighted by atomic mass is 10.1. The number of nitrogen functional groups attached to an aromatic ring is 1. The third kappa shape index (κ3) is 4.44. The molecular weight excluding hydrogens is 370 g/mol. The van der Waals surface area contributed by atoms with Crippen LogP contribution in [0, 0.1) is 0 Å². The zero-order chi connectivity index (χ0) is 21.0. The zero-order valence-corrected chi connectivity index (χ0v) is 16.1. The highest BCUT2D eigenvalue weighted by molar-refractivity contribution is 5.97. The van der Waals surface area contributed by atoms with E-state index in [-0.39, 0.29) is 5.56 Å². The fourth-order valence-corrected chi connectivity index (χ4v) is 3.18. The number of hydrogen-bond donors (Lipinski definition) is 3. The summed E-state index contributed by atoms with van der Waals surface area (Å²) in [6.45, 7) is 2.67. The van der Waals surface area contributed by atoms with Crippen LogP contribution in [0.4, 0.5) is 5.69 Å². The van der Waals surface area contributed by atoms with Crippen LogP contribution < -0.4 is 22.1 Å². The number of H-pyrrole nitrogens is 1. The molecule has 0 aliphatic heterocycles. The number of carbonyl (C=O) groups excluding carboxylic acids is 1. The number of carboxylic acids is 1. The molecule has 6 N–H and O–H groups in total. The lowest BCUT2D eigenvalue weighted by Gasteiger charge is -2.03. The van der Waals surface area contributed by atoms with E-state index in [1.807, 2.05) is 48.7 Å². The normalized spacial score (nSPS) is 10.7. The minimum Gasteiger partial charge on any atom is -0.550 e. The first kappa shape index (κ1) is 20.1. The molecule has 0 saturated heterocycles. The summed E-state index contributed by atoms with van der Waals surface area (Å²) >= 11 is 0. The van der Waals surface area contributed by atoms with E-state index >= 15 is 0 Å². The van der Waals surface area contributed by atoms with Crippen LogP contribution in [0.15, 0.2) is 53.5 Å². The van der Waals surface area contributed by atoms with Crippen molar-refractivity contribution in [1.29, 1.82) is 0 Å². The van der Waals surface area contributed by atoms with Gasteiger partial charge in [0.25, 0.3) is 5.56 Å². The highest BCUT2D eigenvalue weighted by Gasteiger charge is 2.15. The molecule has 0 atom stereocenters. The summed E-state index contributed by atoms with van der Waals surface area (Å²) in [5.74, 6) is -1.08. The first-order chi connectivity index (χ1) is 13.9. The van der Waals surface area contributed by atoms with E-state index in [2.05, 4.69) is 20.3 Å². The van der Waals surface area contributed by atoms with Gasteiger partial charge in [-0.2, -0.15) is 0 Å². The number of nitrogens with one attached hydrogen (secondary N) is 1. The lowest BCUT2D eigenvalue weighted by Crippen LogP contribution is -2.50. The van der Waals surface area contributed by atoms with Gasteiger partial charge in [-0.3, -0.25) is 4.79 Å². The SMILES string of the molecule is CC(=O)[O-].Nc1ccc2c(c1)c(-c1nc3ccccc3[nH]c1=O)cn2CCC[NH3+]. The number of hydrogen-bond acceptors (Lipinski definition) is 5. The molecule has 0 aliphatic rings. The van der Waals surface area contributed by atoms with Gasteiger partial charge in [0, 0.05) is 47.3 Å². The number of nitrogens with two attached hydrogens (primary N) is 1. The van der Waals surface area contributed by atoms with Crippen molar-refractivity contribution >= 4 is 33.6 Å². The van der Waals surface area contributed by atoms with Crippen molar-refractivity contribution in [3.05, 3.63) is 59.0 Å². The fraction of sp³-hybridized carbons (Fsp3) is 0.190. The van der Waals surface area contributed by atoms with Crippen molar-refractivity contribution in [2.45, 2.75) is 19.9 Å². The number of fused-ring (bicyclic) bond motifs is 2. The summed E-state index contributed by atoms with van der Waals surface area (Å²) in [7, 11) is 0. The van der Waals surface area contributed by atoms with Gasteiger partial charge in [0.15, 0.2) is 0 Å². The number of anilines is 1. The molecule has 0 bridgehead atoms. The number of carboxylic acid groups (broad SMARTS) is 1. The van der Waals surface area contributed by atoms with E-state index in [1.54, 1.807) is 0 Å². The second kappa shape index (κ2) is 8.57. The quantitative estimate of drug-likeness (QED) is 0.433. The van der Waals surface area contributed by atoms with Crippen LogP contribution in [0.3, 0.4) is 0 Å². The van der Waals surface area contributed by atoms with Crippen LogP contribution in [-0.4, -0.2) is 27.0 Å². The van der Waals surface area contributed by atoms with E-state index in [1.165, 1.54) is 0 Å². The fourth-order valence-electron chi connectivity index (χ4n) is 3.18. The number of aliphatic carboxylic acids is 1. The number of nitrogens with zero attached hydrogens (tertiary/aromatic N) is 2. The van der Waals surface area contributed by atoms with Gasteiger partial charge < -0.3 is 30.9 Å². The molecule has 2 aromatic carbocycles. The molecular formula is C21H23N5O3. The maximum Gasteiger partial charge on any atom is 0.275 e. The van der Waals surface area contributed by atoms with Crippen molar-refractivity contribution in [3.63, 3.8) is 0 Å². The Bertz CT molecular complexity index is 1220. The number of aryl methyl sites for hydroxylation is 1. The van der Waals surface area contributed by atoms with E-state index in [9.17, 15) is 4.79 Å². The minimum absolute atomic E-state index is 0.197. The Morgan fingerprint density at radius 2 is 2.00 bits per heavy atom. The van der Waals surface area contributed by atoms with Gasteiger partial charge in [-0.1, -0.05) is 12.1 Å². The summed E-state index contributed by atoms with van der Waals surface area (Å²) in [4.78, 5) is 29.0. The predicted molar refractivity (Wildman–Crippen MR) is 111 cm³/mol. The average Bonchev–Trinajstić information content (AvgIpc) is 3.02.